The summed E-state index contributed by atoms with van der Waals surface area (Å²) in [7, 11) is 0. The number of benzene rings is 2. The Kier molecular flexibility index (Phi) is 5.67. The van der Waals surface area contributed by atoms with E-state index in [1.807, 2.05) is 22.7 Å². The average Bonchev–Trinajstić information content (AvgIpc) is 2.83. The minimum absolute atomic E-state index is 0.0372. The third-order valence-electron chi connectivity index (χ3n) is 6.74. The van der Waals surface area contributed by atoms with E-state index >= 15 is 0 Å². The number of piperazine rings is 1. The Balaban J connectivity index is 1.48. The molecule has 5 rings (SSSR count). The first-order valence-electron chi connectivity index (χ1n) is 10.9. The monoisotopic (exact) mass is 456 g/mol. The summed E-state index contributed by atoms with van der Waals surface area (Å²) in [6.45, 7) is 3.58. The summed E-state index contributed by atoms with van der Waals surface area (Å²) in [6.07, 6.45) is 0.498. The first-order chi connectivity index (χ1) is 15.5. The van der Waals surface area contributed by atoms with Gasteiger partial charge in [0.1, 0.15) is 5.82 Å². The molecule has 2 aromatic rings. The number of hydrogen-bond donors (Lipinski definition) is 0. The molecule has 9 heteroatoms. The van der Waals surface area contributed by atoms with Crippen LogP contribution >= 0.6 is 11.8 Å². The molecular weight excluding hydrogens is 431 g/mol. The van der Waals surface area contributed by atoms with Crippen LogP contribution in [0.25, 0.3) is 0 Å². The molecule has 0 bridgehead atoms. The molecule has 0 saturated carbocycles. The third-order valence-corrected chi connectivity index (χ3v) is 7.68. The molecule has 1 amide bonds. The van der Waals surface area contributed by atoms with Crippen molar-refractivity contribution < 1.29 is 14.1 Å². The van der Waals surface area contributed by atoms with Crippen LogP contribution in [0, 0.1) is 21.8 Å². The van der Waals surface area contributed by atoms with Gasteiger partial charge in [0.15, 0.2) is 0 Å². The standard InChI is InChI=1S/C23H25FN4O3S/c24-17-1-3-18(4-2-17)26-7-8-27-21-6-5-19(28(30)31)13-16(21)14-20(22(27)15-26)23(29)25-9-11-32-12-10-25/h1-6,13,20,22H,7-12,14-15H2/t20-,22+/m1/s1. The maximum Gasteiger partial charge on any atom is 0.269 e. The largest absolute Gasteiger partial charge is 0.368 e. The second kappa shape index (κ2) is 8.61. The van der Waals surface area contributed by atoms with Gasteiger partial charge in [-0.15, -0.1) is 0 Å². The third kappa shape index (κ3) is 3.90. The summed E-state index contributed by atoms with van der Waals surface area (Å²) < 4.78 is 13.4. The van der Waals surface area contributed by atoms with Gasteiger partial charge >= 0.3 is 0 Å². The van der Waals surface area contributed by atoms with E-state index in [4.69, 9.17) is 0 Å². The van der Waals surface area contributed by atoms with E-state index in [2.05, 4.69) is 9.80 Å². The SMILES string of the molecule is O=C([C@@H]1Cc2cc([N+](=O)[O-])ccc2N2CCN(c3ccc(F)cc3)C[C@@H]12)N1CCSCC1. The molecule has 7 nitrogen and oxygen atoms in total. The van der Waals surface area contributed by atoms with Gasteiger partial charge in [-0.1, -0.05) is 0 Å². The van der Waals surface area contributed by atoms with Crippen molar-refractivity contribution in [2.24, 2.45) is 5.92 Å². The van der Waals surface area contributed by atoms with Crippen LogP contribution in [-0.4, -0.2) is 66.0 Å². The highest BCUT2D eigenvalue weighted by molar-refractivity contribution is 7.99. The fourth-order valence-electron chi connectivity index (χ4n) is 5.11. The molecule has 3 aliphatic heterocycles. The summed E-state index contributed by atoms with van der Waals surface area (Å²) in [4.78, 5) is 31.0. The Morgan fingerprint density at radius 3 is 2.53 bits per heavy atom. The maximum absolute atomic E-state index is 13.6. The highest BCUT2D eigenvalue weighted by atomic mass is 32.2. The number of nitro benzene ring substituents is 1. The van der Waals surface area contributed by atoms with Crippen molar-refractivity contribution in [3.8, 4) is 0 Å². The molecule has 168 valence electrons. The molecule has 2 saturated heterocycles. The van der Waals surface area contributed by atoms with Gasteiger partial charge in [-0.3, -0.25) is 14.9 Å². The quantitative estimate of drug-likeness (QED) is 0.522. The Labute approximate surface area is 190 Å². The number of hydrogen-bond acceptors (Lipinski definition) is 6. The molecule has 3 aliphatic rings. The predicted octanol–water partition coefficient (Wildman–Crippen LogP) is 3.18. The summed E-state index contributed by atoms with van der Waals surface area (Å²) in [5, 5.41) is 11.3. The summed E-state index contributed by atoms with van der Waals surface area (Å²) in [6, 6.07) is 11.5. The number of anilines is 2. The van der Waals surface area contributed by atoms with Gasteiger partial charge in [-0.25, -0.2) is 4.39 Å². The first-order valence-corrected chi connectivity index (χ1v) is 12.1. The van der Waals surface area contributed by atoms with E-state index in [-0.39, 0.29) is 34.3 Å². The first kappa shape index (κ1) is 21.1. The van der Waals surface area contributed by atoms with Crippen molar-refractivity contribution in [1.82, 2.24) is 4.90 Å². The van der Waals surface area contributed by atoms with Crippen molar-refractivity contribution in [3.63, 3.8) is 0 Å². The number of carbonyl (C=O) groups excluding carboxylic acids is 1. The van der Waals surface area contributed by atoms with Crippen LogP contribution in [0.5, 0.6) is 0 Å². The highest BCUT2D eigenvalue weighted by Crippen LogP contribution is 2.39. The lowest BCUT2D eigenvalue weighted by Gasteiger charge is -2.50. The molecule has 2 fully saturated rings. The molecule has 32 heavy (non-hydrogen) atoms. The van der Waals surface area contributed by atoms with Crippen molar-refractivity contribution in [2.45, 2.75) is 12.5 Å². The molecule has 2 atom stereocenters. The summed E-state index contributed by atoms with van der Waals surface area (Å²) in [5.41, 5.74) is 2.86. The zero-order valence-electron chi connectivity index (χ0n) is 17.7. The van der Waals surface area contributed by atoms with Crippen LogP contribution in [0.1, 0.15) is 5.56 Å². The molecule has 0 aliphatic carbocycles. The lowest BCUT2D eigenvalue weighted by atomic mass is 9.82. The Hall–Kier alpha value is -2.81. The average molecular weight is 457 g/mol. The van der Waals surface area contributed by atoms with E-state index < -0.39 is 0 Å². The predicted molar refractivity (Wildman–Crippen MR) is 124 cm³/mol. The lowest BCUT2D eigenvalue weighted by molar-refractivity contribution is -0.384. The molecule has 0 unspecified atom stereocenters. The maximum atomic E-state index is 13.6. The number of carbonyl (C=O) groups is 1. The number of nitrogens with zero attached hydrogens (tertiary/aromatic N) is 4. The number of fused-ring (bicyclic) bond motifs is 3. The van der Waals surface area contributed by atoms with Crippen LogP contribution in [0.15, 0.2) is 42.5 Å². The second-order valence-corrected chi connectivity index (χ2v) is 9.73. The van der Waals surface area contributed by atoms with E-state index in [1.54, 1.807) is 24.3 Å². The minimum atomic E-state index is -0.377. The Morgan fingerprint density at radius 2 is 1.81 bits per heavy atom. The summed E-state index contributed by atoms with van der Waals surface area (Å²) in [5.74, 6) is 1.48. The van der Waals surface area contributed by atoms with Gasteiger partial charge in [-0.05, 0) is 42.3 Å². The van der Waals surface area contributed by atoms with E-state index in [0.717, 1.165) is 48.1 Å². The van der Waals surface area contributed by atoms with E-state index in [1.165, 1.54) is 12.1 Å². The molecule has 0 N–H and O–H groups in total. The van der Waals surface area contributed by atoms with Gasteiger partial charge < -0.3 is 14.7 Å². The molecule has 2 aromatic carbocycles. The van der Waals surface area contributed by atoms with E-state index in [0.29, 0.717) is 19.5 Å². The molecular formula is C23H25FN4O3S. The van der Waals surface area contributed by atoms with Crippen molar-refractivity contribution in [1.29, 1.82) is 0 Å². The van der Waals surface area contributed by atoms with Crippen LogP contribution in [0.3, 0.4) is 0 Å². The van der Waals surface area contributed by atoms with Crippen molar-refractivity contribution in [3.05, 3.63) is 64.0 Å². The Bertz CT molecular complexity index is 1030. The normalized spacial score (nSPS) is 22.8. The number of thioether (sulfide) groups is 1. The number of amides is 1. The topological polar surface area (TPSA) is 69.9 Å². The van der Waals surface area contributed by atoms with Crippen LogP contribution in [-0.2, 0) is 11.2 Å². The fraction of sp³-hybridized carbons (Fsp3) is 0.435. The van der Waals surface area contributed by atoms with Gasteiger partial charge in [0, 0.05) is 67.7 Å². The van der Waals surface area contributed by atoms with Gasteiger partial charge in [0.05, 0.1) is 16.9 Å². The van der Waals surface area contributed by atoms with Crippen LogP contribution in [0.4, 0.5) is 21.5 Å². The molecule has 0 radical (unpaired) electrons. The lowest BCUT2D eigenvalue weighted by Crippen LogP contribution is -2.62. The fourth-order valence-corrected chi connectivity index (χ4v) is 6.02. The number of non-ortho nitro benzene ring substituents is 1. The zero-order chi connectivity index (χ0) is 22.2. The zero-order valence-corrected chi connectivity index (χ0v) is 18.5. The van der Waals surface area contributed by atoms with E-state index in [9.17, 15) is 19.3 Å². The van der Waals surface area contributed by atoms with Crippen molar-refractivity contribution >= 4 is 34.7 Å². The number of rotatable bonds is 3. The molecule has 0 spiro atoms. The summed E-state index contributed by atoms with van der Waals surface area (Å²) >= 11 is 1.86. The molecule has 3 heterocycles. The van der Waals surface area contributed by atoms with Gasteiger partial charge in [-0.2, -0.15) is 11.8 Å². The van der Waals surface area contributed by atoms with Crippen molar-refractivity contribution in [2.75, 3.05) is 54.0 Å². The molecule has 0 aromatic heterocycles. The highest BCUT2D eigenvalue weighted by Gasteiger charge is 2.43. The smallest absolute Gasteiger partial charge is 0.269 e. The van der Waals surface area contributed by atoms with Crippen LogP contribution < -0.4 is 9.80 Å². The van der Waals surface area contributed by atoms with Gasteiger partial charge in [0.25, 0.3) is 5.69 Å². The number of nitro groups is 1. The second-order valence-electron chi connectivity index (χ2n) is 8.50. The number of halogens is 1. The van der Waals surface area contributed by atoms with Gasteiger partial charge in [0.2, 0.25) is 5.91 Å². The minimum Gasteiger partial charge on any atom is -0.368 e. The Morgan fingerprint density at radius 1 is 1.06 bits per heavy atom. The van der Waals surface area contributed by atoms with Crippen LogP contribution in [0.2, 0.25) is 0 Å².